The van der Waals surface area contributed by atoms with Crippen LogP contribution in [0.1, 0.15) is 31.9 Å². The van der Waals surface area contributed by atoms with Crippen molar-refractivity contribution in [3.63, 3.8) is 0 Å². The molecule has 0 unspecified atom stereocenters. The van der Waals surface area contributed by atoms with Gasteiger partial charge in [-0.2, -0.15) is 5.10 Å². The lowest BCUT2D eigenvalue weighted by molar-refractivity contribution is -0.398. The number of hydrogen-bond acceptors (Lipinski definition) is 7. The number of hydrogen-bond donors (Lipinski definition) is 1. The van der Waals surface area contributed by atoms with Gasteiger partial charge in [-0.25, -0.2) is 5.43 Å². The number of hydrazone groups is 1. The number of rotatable bonds is 7. The van der Waals surface area contributed by atoms with Crippen molar-refractivity contribution < 1.29 is 24.3 Å². The second-order valence-electron chi connectivity index (χ2n) is 7.18. The Morgan fingerprint density at radius 1 is 1.24 bits per heavy atom. The fourth-order valence-corrected chi connectivity index (χ4v) is 2.38. The number of nitro benzene ring substituents is 1. The smallest absolute Gasteiger partial charge is 0.277 e. The fraction of sp³-hybridized carbons (Fsp3) is 0.300. The first kappa shape index (κ1) is 21.7. The zero-order valence-electron chi connectivity index (χ0n) is 16.6. The number of methoxy groups -OCH3 is 1. The lowest BCUT2D eigenvalue weighted by Gasteiger charge is -2.19. The maximum atomic E-state index is 11.9. The van der Waals surface area contributed by atoms with Crippen LogP contribution < -0.4 is 20.0 Å². The second kappa shape index (κ2) is 9.05. The van der Waals surface area contributed by atoms with Gasteiger partial charge in [0.05, 0.1) is 18.2 Å². The number of benzene rings is 2. The second-order valence-corrected chi connectivity index (χ2v) is 7.18. The van der Waals surface area contributed by atoms with E-state index in [9.17, 15) is 20.0 Å². The van der Waals surface area contributed by atoms with Gasteiger partial charge < -0.3 is 14.6 Å². The normalized spacial score (nSPS) is 11.3. The van der Waals surface area contributed by atoms with Gasteiger partial charge in [0.25, 0.3) is 11.6 Å². The summed E-state index contributed by atoms with van der Waals surface area (Å²) in [7, 11) is 1.23. The minimum Gasteiger partial charge on any atom is -0.865 e. The molecule has 0 radical (unpaired) electrons. The van der Waals surface area contributed by atoms with Crippen molar-refractivity contribution in [2.75, 3.05) is 13.7 Å². The maximum Gasteiger partial charge on any atom is 0.277 e. The van der Waals surface area contributed by atoms with E-state index >= 15 is 0 Å². The minimum atomic E-state index is -0.829. The predicted molar refractivity (Wildman–Crippen MR) is 105 cm³/mol. The summed E-state index contributed by atoms with van der Waals surface area (Å²) in [6.07, 6.45) is 1.17. The molecule has 0 atom stereocenters. The minimum absolute atomic E-state index is 0.0205. The van der Waals surface area contributed by atoms with Gasteiger partial charge in [0, 0.05) is 17.4 Å². The third-order valence-electron chi connectivity index (χ3n) is 3.97. The van der Waals surface area contributed by atoms with Crippen molar-refractivity contribution in [3.8, 4) is 17.2 Å². The zero-order chi connectivity index (χ0) is 21.6. The molecule has 9 heteroatoms. The number of amides is 1. The largest absolute Gasteiger partial charge is 0.865 e. The van der Waals surface area contributed by atoms with Crippen molar-refractivity contribution in [3.05, 3.63) is 57.6 Å². The standard InChI is InChI=1S/C20H23N3O6/c1-20(2,3)14-5-7-15(8-6-14)29-12-18(24)22-21-11-13-9-16(23(26)27)19(25)17(10-13)28-4/h5-11,25H,12H2,1-4H3,(H,22,24)/p-1/b21-11-. The molecule has 0 heterocycles. The molecule has 0 spiro atoms. The van der Waals surface area contributed by atoms with Crippen molar-refractivity contribution in [1.29, 1.82) is 0 Å². The average Bonchev–Trinajstić information content (AvgIpc) is 2.66. The van der Waals surface area contributed by atoms with E-state index in [0.29, 0.717) is 5.75 Å². The summed E-state index contributed by atoms with van der Waals surface area (Å²) >= 11 is 0. The molecule has 2 aromatic carbocycles. The van der Waals surface area contributed by atoms with Gasteiger partial charge in [0.1, 0.15) is 11.5 Å². The molecule has 1 N–H and O–H groups in total. The molecule has 9 nitrogen and oxygen atoms in total. The van der Waals surface area contributed by atoms with Gasteiger partial charge in [0.2, 0.25) is 0 Å². The van der Waals surface area contributed by atoms with Crippen molar-refractivity contribution in [2.45, 2.75) is 26.2 Å². The van der Waals surface area contributed by atoms with Crippen LogP contribution in [-0.4, -0.2) is 30.8 Å². The number of ether oxygens (including phenoxy) is 2. The van der Waals surface area contributed by atoms with Crippen LogP contribution in [0.25, 0.3) is 0 Å². The Bertz CT molecular complexity index is 917. The Balaban J connectivity index is 1.94. The molecule has 2 rings (SSSR count). The first-order valence-electron chi connectivity index (χ1n) is 8.70. The summed E-state index contributed by atoms with van der Waals surface area (Å²) in [5, 5.41) is 26.4. The summed E-state index contributed by atoms with van der Waals surface area (Å²) in [6.45, 7) is 6.05. The number of nitro groups is 1. The molecule has 0 saturated heterocycles. The molecule has 0 aliphatic rings. The first-order chi connectivity index (χ1) is 13.6. The quantitative estimate of drug-likeness (QED) is 0.432. The van der Waals surface area contributed by atoms with E-state index in [1.165, 1.54) is 19.4 Å². The highest BCUT2D eigenvalue weighted by atomic mass is 16.6. The van der Waals surface area contributed by atoms with Gasteiger partial charge in [-0.15, -0.1) is 0 Å². The number of nitrogens with zero attached hydrogens (tertiary/aromatic N) is 2. The average molecular weight is 400 g/mol. The Kier molecular flexibility index (Phi) is 6.76. The summed E-state index contributed by atoms with van der Waals surface area (Å²) in [5.74, 6) is -0.981. The highest BCUT2D eigenvalue weighted by molar-refractivity contribution is 5.85. The lowest BCUT2D eigenvalue weighted by Crippen LogP contribution is -2.24. The van der Waals surface area contributed by atoms with Gasteiger partial charge >= 0.3 is 0 Å². The van der Waals surface area contributed by atoms with E-state index in [1.807, 2.05) is 12.1 Å². The van der Waals surface area contributed by atoms with Crippen LogP contribution in [0.2, 0.25) is 0 Å². The number of carbonyl (C=O) groups excluding carboxylic acids is 1. The lowest BCUT2D eigenvalue weighted by atomic mass is 9.87. The van der Waals surface area contributed by atoms with Crippen LogP contribution in [0.4, 0.5) is 5.69 Å². The van der Waals surface area contributed by atoms with Crippen LogP contribution in [0, 0.1) is 10.1 Å². The SMILES string of the molecule is COc1cc(/C=N\NC(=O)COc2ccc(C(C)(C)C)cc2)cc([N+](=O)[O-])c1[O-]. The molecule has 0 aliphatic carbocycles. The molecule has 0 aliphatic heterocycles. The first-order valence-corrected chi connectivity index (χ1v) is 8.70. The summed E-state index contributed by atoms with van der Waals surface area (Å²) in [6, 6.07) is 9.78. The molecule has 2 aromatic rings. The molecule has 1 amide bonds. The molecule has 0 saturated carbocycles. The molecule has 154 valence electrons. The number of carbonyl (C=O) groups is 1. The van der Waals surface area contributed by atoms with E-state index in [4.69, 9.17) is 9.47 Å². The summed E-state index contributed by atoms with van der Waals surface area (Å²) < 4.78 is 10.2. The van der Waals surface area contributed by atoms with E-state index < -0.39 is 22.3 Å². The Morgan fingerprint density at radius 2 is 1.90 bits per heavy atom. The maximum absolute atomic E-state index is 11.9. The molecule has 0 fully saturated rings. The van der Waals surface area contributed by atoms with Crippen molar-refractivity contribution >= 4 is 17.8 Å². The van der Waals surface area contributed by atoms with Crippen LogP contribution in [-0.2, 0) is 10.2 Å². The summed E-state index contributed by atoms with van der Waals surface area (Å²) in [4.78, 5) is 22.0. The van der Waals surface area contributed by atoms with Gasteiger partial charge in [-0.05, 0) is 29.2 Å². The molecule has 0 aromatic heterocycles. The van der Waals surface area contributed by atoms with Gasteiger partial charge in [0.15, 0.2) is 6.61 Å². The molecular weight excluding hydrogens is 378 g/mol. The van der Waals surface area contributed by atoms with E-state index in [1.54, 1.807) is 12.1 Å². The predicted octanol–water partition coefficient (Wildman–Crippen LogP) is 2.50. The van der Waals surface area contributed by atoms with Crippen LogP contribution in [0.15, 0.2) is 41.5 Å². The third-order valence-corrected chi connectivity index (χ3v) is 3.97. The van der Waals surface area contributed by atoms with E-state index in [0.717, 1.165) is 11.6 Å². The monoisotopic (exact) mass is 400 g/mol. The van der Waals surface area contributed by atoms with Crippen LogP contribution >= 0.6 is 0 Å². The van der Waals surface area contributed by atoms with E-state index in [-0.39, 0.29) is 23.3 Å². The van der Waals surface area contributed by atoms with Crippen molar-refractivity contribution in [1.82, 2.24) is 5.43 Å². The Morgan fingerprint density at radius 3 is 2.45 bits per heavy atom. The summed E-state index contributed by atoms with van der Waals surface area (Å²) in [5.41, 5.74) is 3.01. The Hall–Kier alpha value is -3.62. The van der Waals surface area contributed by atoms with Crippen LogP contribution in [0.5, 0.6) is 17.2 Å². The number of nitrogens with one attached hydrogen (secondary N) is 1. The van der Waals surface area contributed by atoms with Gasteiger partial charge in [-0.3, -0.25) is 14.9 Å². The highest BCUT2D eigenvalue weighted by Crippen LogP contribution is 2.33. The molecular formula is C20H22N3O6-. The highest BCUT2D eigenvalue weighted by Gasteiger charge is 2.14. The Labute approximate surface area is 168 Å². The fourth-order valence-electron chi connectivity index (χ4n) is 2.38. The topological polar surface area (TPSA) is 126 Å². The van der Waals surface area contributed by atoms with E-state index in [2.05, 4.69) is 31.3 Å². The van der Waals surface area contributed by atoms with Gasteiger partial charge in [-0.1, -0.05) is 32.9 Å². The molecule has 0 bridgehead atoms. The van der Waals surface area contributed by atoms with Crippen LogP contribution in [0.3, 0.4) is 0 Å². The third kappa shape index (κ3) is 5.93. The molecule has 29 heavy (non-hydrogen) atoms. The zero-order valence-corrected chi connectivity index (χ0v) is 16.6. The van der Waals surface area contributed by atoms with Crippen molar-refractivity contribution in [2.24, 2.45) is 5.10 Å².